The summed E-state index contributed by atoms with van der Waals surface area (Å²) in [6.45, 7) is 16.0. The molecule has 0 radical (unpaired) electrons. The monoisotopic (exact) mass is 386 g/mol. The van der Waals surface area contributed by atoms with Crippen LogP contribution in [0.5, 0.6) is 0 Å². The third-order valence-corrected chi connectivity index (χ3v) is 4.40. The molecule has 0 fully saturated rings. The van der Waals surface area contributed by atoms with Crippen LogP contribution in [-0.2, 0) is 10.8 Å². The van der Waals surface area contributed by atoms with Crippen molar-refractivity contribution >= 4 is 11.4 Å². The molecule has 0 unspecified atom stereocenters. The molecule has 0 aliphatic rings. The van der Waals surface area contributed by atoms with E-state index in [1.807, 2.05) is 40.7 Å². The Labute approximate surface area is 166 Å². The fourth-order valence-electron chi connectivity index (χ4n) is 2.94. The van der Waals surface area contributed by atoms with Gasteiger partial charge in [-0.05, 0) is 41.9 Å². The SMILES string of the molecule is Cc1ccc([N+](=O)[O-])c(C(C)(C)C)c1.Cc1ccc([N+](=O)[O-])cc1C(C)(C)C. The van der Waals surface area contributed by atoms with E-state index in [0.29, 0.717) is 0 Å². The third-order valence-electron chi connectivity index (χ3n) is 4.40. The molecule has 0 aliphatic carbocycles. The van der Waals surface area contributed by atoms with Crippen molar-refractivity contribution in [2.75, 3.05) is 0 Å². The lowest BCUT2D eigenvalue weighted by molar-refractivity contribution is -0.386. The summed E-state index contributed by atoms with van der Waals surface area (Å²) in [5.41, 5.74) is 4.13. The highest BCUT2D eigenvalue weighted by molar-refractivity contribution is 5.46. The molecule has 0 spiro atoms. The molecule has 0 heterocycles. The molecule has 0 bridgehead atoms. The van der Waals surface area contributed by atoms with Crippen LogP contribution in [0.25, 0.3) is 0 Å². The average Bonchev–Trinajstić information content (AvgIpc) is 2.53. The van der Waals surface area contributed by atoms with Gasteiger partial charge in [0.15, 0.2) is 0 Å². The van der Waals surface area contributed by atoms with Crippen molar-refractivity contribution in [1.82, 2.24) is 0 Å². The number of benzene rings is 2. The van der Waals surface area contributed by atoms with Crippen LogP contribution < -0.4 is 0 Å². The Hall–Kier alpha value is -2.76. The minimum Gasteiger partial charge on any atom is -0.258 e. The first-order valence-corrected chi connectivity index (χ1v) is 9.15. The molecule has 2 rings (SSSR count). The van der Waals surface area contributed by atoms with Crippen LogP contribution in [0.1, 0.15) is 63.8 Å². The van der Waals surface area contributed by atoms with Crippen molar-refractivity contribution < 1.29 is 9.85 Å². The van der Waals surface area contributed by atoms with Gasteiger partial charge in [0.2, 0.25) is 0 Å². The molecule has 0 aromatic heterocycles. The van der Waals surface area contributed by atoms with E-state index in [1.165, 1.54) is 0 Å². The third kappa shape index (κ3) is 6.15. The second-order valence-corrected chi connectivity index (χ2v) is 9.03. The zero-order chi connectivity index (χ0) is 21.9. The van der Waals surface area contributed by atoms with Crippen molar-refractivity contribution in [3.8, 4) is 0 Å². The van der Waals surface area contributed by atoms with Gasteiger partial charge in [0.25, 0.3) is 11.4 Å². The van der Waals surface area contributed by atoms with Crippen LogP contribution in [0.2, 0.25) is 0 Å². The molecule has 0 N–H and O–H groups in total. The molecule has 6 heteroatoms. The Balaban J connectivity index is 0.000000280. The summed E-state index contributed by atoms with van der Waals surface area (Å²) in [5.74, 6) is 0. The number of nitro benzene ring substituents is 2. The van der Waals surface area contributed by atoms with Gasteiger partial charge >= 0.3 is 0 Å². The van der Waals surface area contributed by atoms with Gasteiger partial charge in [-0.15, -0.1) is 0 Å². The van der Waals surface area contributed by atoms with E-state index in [1.54, 1.807) is 30.3 Å². The molecule has 0 aliphatic heterocycles. The van der Waals surface area contributed by atoms with Gasteiger partial charge in [0.1, 0.15) is 0 Å². The second kappa shape index (κ2) is 8.50. The van der Waals surface area contributed by atoms with E-state index in [4.69, 9.17) is 0 Å². The van der Waals surface area contributed by atoms with Gasteiger partial charge in [-0.2, -0.15) is 0 Å². The lowest BCUT2D eigenvalue weighted by Gasteiger charge is -2.21. The van der Waals surface area contributed by atoms with Crippen LogP contribution in [0, 0.1) is 34.1 Å². The maximum absolute atomic E-state index is 10.8. The molecule has 0 amide bonds. The fraction of sp³-hybridized carbons (Fsp3) is 0.455. The van der Waals surface area contributed by atoms with Crippen molar-refractivity contribution in [3.05, 3.63) is 78.9 Å². The average molecular weight is 386 g/mol. The molecule has 0 saturated heterocycles. The molecule has 152 valence electrons. The summed E-state index contributed by atoms with van der Waals surface area (Å²) in [6.07, 6.45) is 0. The molecule has 2 aromatic rings. The molecule has 2 aromatic carbocycles. The van der Waals surface area contributed by atoms with Gasteiger partial charge in [0, 0.05) is 23.8 Å². The van der Waals surface area contributed by atoms with Gasteiger partial charge in [-0.1, -0.05) is 59.2 Å². The van der Waals surface area contributed by atoms with Gasteiger partial charge in [-0.25, -0.2) is 0 Å². The predicted octanol–water partition coefficient (Wildman–Crippen LogP) is 6.40. The summed E-state index contributed by atoms with van der Waals surface area (Å²) in [6, 6.07) is 10.3. The lowest BCUT2D eigenvalue weighted by Crippen LogP contribution is -2.13. The standard InChI is InChI=1S/2C11H15NO2/c1-8-5-6-9(12(13)14)7-10(8)11(2,3)4;1-8-5-6-10(12(13)14)9(7-8)11(2,3)4/h2*5-7H,1-4H3. The van der Waals surface area contributed by atoms with Crippen molar-refractivity contribution in [2.24, 2.45) is 0 Å². The number of nitrogens with zero attached hydrogens (tertiary/aromatic N) is 2. The molecule has 28 heavy (non-hydrogen) atoms. The van der Waals surface area contributed by atoms with Gasteiger partial charge in [-0.3, -0.25) is 20.2 Å². The zero-order valence-electron chi connectivity index (χ0n) is 18.0. The Bertz CT molecular complexity index is 875. The Morgan fingerprint density at radius 3 is 1.68 bits per heavy atom. The van der Waals surface area contributed by atoms with E-state index < -0.39 is 0 Å². The normalized spacial score (nSPS) is 11.4. The van der Waals surface area contributed by atoms with Crippen LogP contribution in [-0.4, -0.2) is 9.85 Å². The smallest absolute Gasteiger partial charge is 0.258 e. The van der Waals surface area contributed by atoms with Crippen molar-refractivity contribution in [1.29, 1.82) is 0 Å². The maximum atomic E-state index is 10.8. The Morgan fingerprint density at radius 1 is 0.714 bits per heavy atom. The predicted molar refractivity (Wildman–Crippen MR) is 113 cm³/mol. The number of non-ortho nitro benzene ring substituents is 1. The van der Waals surface area contributed by atoms with Gasteiger partial charge < -0.3 is 0 Å². The van der Waals surface area contributed by atoms with E-state index in [0.717, 1.165) is 22.3 Å². The molecule has 0 saturated carbocycles. The molecular formula is C22H30N2O4. The van der Waals surface area contributed by atoms with Crippen LogP contribution in [0.15, 0.2) is 36.4 Å². The van der Waals surface area contributed by atoms with Crippen LogP contribution >= 0.6 is 0 Å². The van der Waals surface area contributed by atoms with Crippen molar-refractivity contribution in [2.45, 2.75) is 66.2 Å². The van der Waals surface area contributed by atoms with E-state index in [2.05, 4.69) is 20.8 Å². The number of aryl methyl sites for hydroxylation is 2. The number of nitro groups is 2. The minimum absolute atomic E-state index is 0.0455. The largest absolute Gasteiger partial charge is 0.273 e. The quantitative estimate of drug-likeness (QED) is 0.441. The Morgan fingerprint density at radius 2 is 1.25 bits per heavy atom. The highest BCUT2D eigenvalue weighted by atomic mass is 16.6. The lowest BCUT2D eigenvalue weighted by atomic mass is 9.84. The Kier molecular flexibility index (Phi) is 7.07. The molecule has 0 atom stereocenters. The first-order valence-electron chi connectivity index (χ1n) is 9.15. The summed E-state index contributed by atoms with van der Waals surface area (Å²) < 4.78 is 0. The topological polar surface area (TPSA) is 86.3 Å². The van der Waals surface area contributed by atoms with Gasteiger partial charge in [0.05, 0.1) is 9.85 Å². The van der Waals surface area contributed by atoms with Crippen molar-refractivity contribution in [3.63, 3.8) is 0 Å². The minimum atomic E-state index is -0.353. The second-order valence-electron chi connectivity index (χ2n) is 9.03. The van der Waals surface area contributed by atoms with E-state index in [9.17, 15) is 20.2 Å². The first kappa shape index (κ1) is 23.3. The van der Waals surface area contributed by atoms with Crippen LogP contribution in [0.4, 0.5) is 11.4 Å². The summed E-state index contributed by atoms with van der Waals surface area (Å²) in [4.78, 5) is 20.7. The highest BCUT2D eigenvalue weighted by Crippen LogP contribution is 2.31. The van der Waals surface area contributed by atoms with Crippen LogP contribution in [0.3, 0.4) is 0 Å². The number of hydrogen-bond acceptors (Lipinski definition) is 4. The summed E-state index contributed by atoms with van der Waals surface area (Å²) in [7, 11) is 0. The number of rotatable bonds is 2. The first-order chi connectivity index (χ1) is 12.6. The molecule has 6 nitrogen and oxygen atoms in total. The number of hydrogen-bond donors (Lipinski definition) is 0. The maximum Gasteiger partial charge on any atom is 0.273 e. The van der Waals surface area contributed by atoms with E-state index in [-0.39, 0.29) is 32.1 Å². The fourth-order valence-corrected chi connectivity index (χ4v) is 2.94. The molecular weight excluding hydrogens is 356 g/mol. The summed E-state index contributed by atoms with van der Waals surface area (Å²) in [5, 5.41) is 21.4. The zero-order valence-corrected chi connectivity index (χ0v) is 18.0. The summed E-state index contributed by atoms with van der Waals surface area (Å²) >= 11 is 0. The highest BCUT2D eigenvalue weighted by Gasteiger charge is 2.24. The van der Waals surface area contributed by atoms with E-state index >= 15 is 0 Å².